The van der Waals surface area contributed by atoms with Crippen molar-refractivity contribution in [1.82, 2.24) is 14.9 Å². The van der Waals surface area contributed by atoms with Crippen molar-refractivity contribution in [3.8, 4) is 0 Å². The normalized spacial score (nSPS) is 38.9. The van der Waals surface area contributed by atoms with E-state index in [1.54, 1.807) is 0 Å². The van der Waals surface area contributed by atoms with E-state index in [4.69, 9.17) is 0 Å². The van der Waals surface area contributed by atoms with E-state index < -0.39 is 0 Å². The third-order valence-corrected chi connectivity index (χ3v) is 6.70. The van der Waals surface area contributed by atoms with E-state index in [0.29, 0.717) is 11.5 Å². The smallest absolute Gasteiger partial charge is 0.110 e. The van der Waals surface area contributed by atoms with Crippen molar-refractivity contribution in [2.24, 2.45) is 23.2 Å². The highest BCUT2D eigenvalue weighted by molar-refractivity contribution is 5.09. The fourth-order valence-electron chi connectivity index (χ4n) is 6.23. The number of rotatable bonds is 5. The minimum Gasteiger partial charge on any atom is -0.335 e. The van der Waals surface area contributed by atoms with Crippen molar-refractivity contribution in [3.05, 3.63) is 18.2 Å². The molecule has 0 saturated heterocycles. The van der Waals surface area contributed by atoms with Gasteiger partial charge in [-0.05, 0) is 75.7 Å². The van der Waals surface area contributed by atoms with Crippen molar-refractivity contribution >= 4 is 0 Å². The van der Waals surface area contributed by atoms with E-state index in [0.717, 1.165) is 30.7 Å². The molecule has 21 heavy (non-hydrogen) atoms. The van der Waals surface area contributed by atoms with Crippen molar-refractivity contribution in [2.75, 3.05) is 7.05 Å². The van der Waals surface area contributed by atoms with E-state index >= 15 is 0 Å². The van der Waals surface area contributed by atoms with Crippen LogP contribution in [0.5, 0.6) is 0 Å². The molecule has 0 aliphatic heterocycles. The van der Waals surface area contributed by atoms with Gasteiger partial charge < -0.3 is 9.88 Å². The Morgan fingerprint density at radius 3 is 2.38 bits per heavy atom. The molecule has 0 spiro atoms. The van der Waals surface area contributed by atoms with E-state index in [2.05, 4.69) is 35.0 Å². The van der Waals surface area contributed by atoms with Crippen LogP contribution in [0.3, 0.4) is 0 Å². The topological polar surface area (TPSA) is 29.9 Å². The summed E-state index contributed by atoms with van der Waals surface area (Å²) in [6.45, 7) is 3.25. The lowest BCUT2D eigenvalue weighted by molar-refractivity contribution is -0.0728. The van der Waals surface area contributed by atoms with Gasteiger partial charge in [-0.15, -0.1) is 0 Å². The number of hydrogen-bond donors (Lipinski definition) is 1. The van der Waals surface area contributed by atoms with Crippen LogP contribution in [0.15, 0.2) is 12.4 Å². The first-order valence-corrected chi connectivity index (χ1v) is 8.89. The van der Waals surface area contributed by atoms with E-state index in [-0.39, 0.29) is 0 Å². The molecular weight excluding hydrogens is 258 g/mol. The van der Waals surface area contributed by atoms with Crippen molar-refractivity contribution in [3.63, 3.8) is 0 Å². The zero-order chi connectivity index (χ0) is 14.4. The SMILES string of the molecule is CCn1ccnc1CC(NC)C12CC3CC(CC(C3)C1)C2. The van der Waals surface area contributed by atoms with Gasteiger partial charge in [-0.2, -0.15) is 0 Å². The third-order valence-electron chi connectivity index (χ3n) is 6.70. The molecule has 4 fully saturated rings. The second-order valence-electron chi connectivity index (χ2n) is 7.95. The molecule has 4 bridgehead atoms. The number of aromatic nitrogens is 2. The maximum Gasteiger partial charge on any atom is 0.110 e. The molecule has 0 radical (unpaired) electrons. The minimum absolute atomic E-state index is 0.564. The van der Waals surface area contributed by atoms with Gasteiger partial charge in [-0.25, -0.2) is 4.98 Å². The molecule has 1 N–H and O–H groups in total. The Morgan fingerprint density at radius 2 is 1.86 bits per heavy atom. The summed E-state index contributed by atoms with van der Waals surface area (Å²) in [7, 11) is 2.17. The van der Waals surface area contributed by atoms with Crippen LogP contribution in [0, 0.1) is 23.2 Å². The lowest BCUT2D eigenvalue weighted by atomic mass is 9.47. The zero-order valence-electron chi connectivity index (χ0n) is 13.5. The van der Waals surface area contributed by atoms with Gasteiger partial charge in [-0.3, -0.25) is 0 Å². The zero-order valence-corrected chi connectivity index (χ0v) is 13.5. The van der Waals surface area contributed by atoms with Crippen LogP contribution in [0.2, 0.25) is 0 Å². The molecule has 116 valence electrons. The predicted molar refractivity (Wildman–Crippen MR) is 85.1 cm³/mol. The number of aryl methyl sites for hydroxylation is 1. The van der Waals surface area contributed by atoms with Crippen LogP contribution in [0.4, 0.5) is 0 Å². The Balaban J connectivity index is 1.58. The van der Waals surface area contributed by atoms with E-state index in [1.807, 2.05) is 6.20 Å². The molecule has 1 aromatic rings. The number of hydrogen-bond acceptors (Lipinski definition) is 2. The standard InChI is InChI=1S/C18H29N3/c1-3-21-5-4-20-17(21)9-16(19-2)18-10-13-6-14(11-18)8-15(7-13)12-18/h4-5,13-16,19H,3,6-12H2,1-2H3. The van der Waals surface area contributed by atoms with Gasteiger partial charge in [0.1, 0.15) is 5.82 Å². The van der Waals surface area contributed by atoms with Crippen LogP contribution in [0.25, 0.3) is 0 Å². The highest BCUT2D eigenvalue weighted by Gasteiger charge is 2.53. The molecule has 4 saturated carbocycles. The Labute approximate surface area is 128 Å². The second kappa shape index (κ2) is 5.12. The molecule has 1 atom stereocenters. The third kappa shape index (κ3) is 2.25. The number of nitrogens with one attached hydrogen (secondary N) is 1. The van der Waals surface area contributed by atoms with Gasteiger partial charge in [0.15, 0.2) is 0 Å². The highest BCUT2D eigenvalue weighted by atomic mass is 15.1. The second-order valence-corrected chi connectivity index (χ2v) is 7.95. The molecule has 0 aromatic carbocycles. The largest absolute Gasteiger partial charge is 0.335 e. The minimum atomic E-state index is 0.564. The lowest BCUT2D eigenvalue weighted by Crippen LogP contribution is -2.56. The van der Waals surface area contributed by atoms with Crippen molar-refractivity contribution in [1.29, 1.82) is 0 Å². The molecule has 3 nitrogen and oxygen atoms in total. The Morgan fingerprint density at radius 1 is 1.24 bits per heavy atom. The summed E-state index contributed by atoms with van der Waals surface area (Å²) in [5.74, 6) is 4.35. The summed E-state index contributed by atoms with van der Waals surface area (Å²) in [5.41, 5.74) is 0.564. The molecule has 4 aliphatic carbocycles. The molecule has 1 unspecified atom stereocenters. The Kier molecular flexibility index (Phi) is 3.36. The molecule has 4 aliphatic rings. The molecule has 0 amide bonds. The molecule has 1 heterocycles. The first kappa shape index (κ1) is 13.8. The predicted octanol–water partition coefficient (Wildman–Crippen LogP) is 3.25. The Bertz CT molecular complexity index is 469. The number of nitrogens with zero attached hydrogens (tertiary/aromatic N) is 2. The average Bonchev–Trinajstić information content (AvgIpc) is 2.90. The fourth-order valence-corrected chi connectivity index (χ4v) is 6.23. The molecular formula is C18H29N3. The Hall–Kier alpha value is -0.830. The quantitative estimate of drug-likeness (QED) is 0.901. The number of likely N-dealkylation sites (N-methyl/N-ethyl adjacent to an activating group) is 1. The highest BCUT2D eigenvalue weighted by Crippen LogP contribution is 2.61. The first-order chi connectivity index (χ1) is 10.2. The van der Waals surface area contributed by atoms with Crippen molar-refractivity contribution < 1.29 is 0 Å². The molecule has 3 heteroatoms. The maximum absolute atomic E-state index is 4.63. The van der Waals surface area contributed by atoms with Gasteiger partial charge in [0.2, 0.25) is 0 Å². The van der Waals surface area contributed by atoms with Gasteiger partial charge in [0.25, 0.3) is 0 Å². The van der Waals surface area contributed by atoms with Gasteiger partial charge in [0, 0.05) is 31.4 Å². The van der Waals surface area contributed by atoms with Gasteiger partial charge in [-0.1, -0.05) is 0 Å². The fraction of sp³-hybridized carbons (Fsp3) is 0.833. The summed E-state index contributed by atoms with van der Waals surface area (Å²) in [6.07, 6.45) is 14.2. The monoisotopic (exact) mass is 287 g/mol. The van der Waals surface area contributed by atoms with Crippen molar-refractivity contribution in [2.45, 2.75) is 64.5 Å². The molecule has 5 rings (SSSR count). The van der Waals surface area contributed by atoms with Gasteiger partial charge >= 0.3 is 0 Å². The summed E-state index contributed by atoms with van der Waals surface area (Å²) < 4.78 is 2.31. The summed E-state index contributed by atoms with van der Waals surface area (Å²) in [4.78, 5) is 4.63. The van der Waals surface area contributed by atoms with Gasteiger partial charge in [0.05, 0.1) is 0 Å². The average molecular weight is 287 g/mol. The summed E-state index contributed by atoms with van der Waals surface area (Å²) in [5, 5.41) is 3.70. The van der Waals surface area contributed by atoms with E-state index in [1.165, 1.54) is 44.3 Å². The lowest BCUT2D eigenvalue weighted by Gasteiger charge is -2.59. The van der Waals surface area contributed by atoms with Crippen LogP contribution in [-0.4, -0.2) is 22.6 Å². The van der Waals surface area contributed by atoms with E-state index in [9.17, 15) is 0 Å². The van der Waals surface area contributed by atoms with Crippen LogP contribution in [-0.2, 0) is 13.0 Å². The van der Waals surface area contributed by atoms with Crippen LogP contribution >= 0.6 is 0 Å². The molecule has 1 aromatic heterocycles. The van der Waals surface area contributed by atoms with Crippen LogP contribution in [0.1, 0.15) is 51.3 Å². The summed E-state index contributed by atoms with van der Waals surface area (Å²) in [6, 6.07) is 0.610. The first-order valence-electron chi connectivity index (χ1n) is 8.89. The summed E-state index contributed by atoms with van der Waals surface area (Å²) >= 11 is 0. The number of imidazole rings is 1. The maximum atomic E-state index is 4.63. The van der Waals surface area contributed by atoms with Crippen LogP contribution < -0.4 is 5.32 Å².